The van der Waals surface area contributed by atoms with Crippen LogP contribution in [0.3, 0.4) is 0 Å². The van der Waals surface area contributed by atoms with E-state index in [0.717, 1.165) is 42.8 Å². The molecule has 136 valence electrons. The molecule has 0 radical (unpaired) electrons. The second-order valence-electron chi connectivity index (χ2n) is 6.83. The van der Waals surface area contributed by atoms with E-state index in [4.69, 9.17) is 0 Å². The molecule has 1 atom stereocenters. The van der Waals surface area contributed by atoms with Crippen LogP contribution >= 0.6 is 0 Å². The molecule has 3 heterocycles. The van der Waals surface area contributed by atoms with Crippen molar-refractivity contribution in [3.05, 3.63) is 47.8 Å². The Morgan fingerprint density at radius 2 is 2.23 bits per heavy atom. The number of carbonyl (C=O) groups excluding carboxylic acids is 1. The van der Waals surface area contributed by atoms with Gasteiger partial charge < -0.3 is 9.88 Å². The van der Waals surface area contributed by atoms with Gasteiger partial charge in [-0.15, -0.1) is 0 Å². The molecule has 0 spiro atoms. The van der Waals surface area contributed by atoms with Crippen LogP contribution in [0.25, 0.3) is 11.0 Å². The van der Waals surface area contributed by atoms with Gasteiger partial charge in [-0.25, -0.2) is 9.37 Å². The lowest BCUT2D eigenvalue weighted by Gasteiger charge is -2.34. The summed E-state index contributed by atoms with van der Waals surface area (Å²) >= 11 is 0. The van der Waals surface area contributed by atoms with Crippen molar-refractivity contribution in [1.82, 2.24) is 24.6 Å². The molecule has 1 unspecified atom stereocenters. The number of benzene rings is 1. The number of nitrogens with zero attached hydrogens (tertiary/aromatic N) is 4. The molecule has 6 nitrogen and oxygen atoms in total. The number of nitrogens with one attached hydrogen (secondary N) is 1. The van der Waals surface area contributed by atoms with Gasteiger partial charge in [0.1, 0.15) is 11.6 Å². The first-order valence-corrected chi connectivity index (χ1v) is 9.03. The minimum atomic E-state index is -0.291. The Kier molecular flexibility index (Phi) is 4.44. The Hall–Kier alpha value is -2.70. The SMILES string of the molecule is Cn1nccc1CCC(=O)N1CCCCC1c1nc2ccc(F)cc2[nH]1. The van der Waals surface area contributed by atoms with Crippen LogP contribution in [0.4, 0.5) is 4.39 Å². The topological polar surface area (TPSA) is 66.8 Å². The number of hydrogen-bond donors (Lipinski definition) is 1. The first kappa shape index (κ1) is 16.8. The van der Waals surface area contributed by atoms with E-state index in [1.807, 2.05) is 18.0 Å². The summed E-state index contributed by atoms with van der Waals surface area (Å²) in [5, 5.41) is 4.15. The van der Waals surface area contributed by atoms with Gasteiger partial charge in [-0.2, -0.15) is 5.10 Å². The van der Waals surface area contributed by atoms with E-state index in [0.29, 0.717) is 18.4 Å². The van der Waals surface area contributed by atoms with E-state index in [9.17, 15) is 9.18 Å². The smallest absolute Gasteiger partial charge is 0.223 e. The summed E-state index contributed by atoms with van der Waals surface area (Å²) in [6, 6.07) is 6.39. The number of likely N-dealkylation sites (tertiary alicyclic amines) is 1. The number of piperidine rings is 1. The van der Waals surface area contributed by atoms with Crippen LogP contribution in [0, 0.1) is 5.82 Å². The van der Waals surface area contributed by atoms with Crippen LogP contribution in [0.5, 0.6) is 0 Å². The Bertz CT molecular complexity index is 931. The summed E-state index contributed by atoms with van der Waals surface area (Å²) in [7, 11) is 1.89. The normalized spacial score (nSPS) is 17.8. The second kappa shape index (κ2) is 6.90. The van der Waals surface area contributed by atoms with E-state index in [1.54, 1.807) is 16.9 Å². The summed E-state index contributed by atoms with van der Waals surface area (Å²) < 4.78 is 15.2. The lowest BCUT2D eigenvalue weighted by molar-refractivity contribution is -0.135. The van der Waals surface area contributed by atoms with Gasteiger partial charge in [-0.3, -0.25) is 9.48 Å². The van der Waals surface area contributed by atoms with Gasteiger partial charge in [0.05, 0.1) is 17.1 Å². The summed E-state index contributed by atoms with van der Waals surface area (Å²) in [4.78, 5) is 22.6. The summed E-state index contributed by atoms with van der Waals surface area (Å²) in [6.45, 7) is 0.736. The Labute approximate surface area is 151 Å². The number of fused-ring (bicyclic) bond motifs is 1. The summed E-state index contributed by atoms with van der Waals surface area (Å²) in [5.74, 6) is 0.585. The molecule has 1 amide bonds. The zero-order valence-electron chi connectivity index (χ0n) is 14.8. The zero-order valence-corrected chi connectivity index (χ0v) is 14.8. The summed E-state index contributed by atoms with van der Waals surface area (Å²) in [5.41, 5.74) is 2.45. The van der Waals surface area contributed by atoms with Crippen LogP contribution < -0.4 is 0 Å². The molecule has 1 saturated heterocycles. The van der Waals surface area contributed by atoms with E-state index < -0.39 is 0 Å². The molecule has 1 N–H and O–H groups in total. The van der Waals surface area contributed by atoms with Crippen molar-refractivity contribution >= 4 is 16.9 Å². The predicted molar refractivity (Wildman–Crippen MR) is 95.9 cm³/mol. The molecular weight excluding hydrogens is 333 g/mol. The molecule has 0 bridgehead atoms. The maximum atomic E-state index is 13.4. The minimum absolute atomic E-state index is 0.0711. The molecule has 4 rings (SSSR count). The number of halogens is 1. The van der Waals surface area contributed by atoms with E-state index in [2.05, 4.69) is 15.1 Å². The number of carbonyl (C=O) groups is 1. The van der Waals surface area contributed by atoms with E-state index in [-0.39, 0.29) is 17.8 Å². The highest BCUT2D eigenvalue weighted by molar-refractivity contribution is 5.78. The van der Waals surface area contributed by atoms with Crippen LogP contribution in [-0.4, -0.2) is 37.1 Å². The molecule has 3 aromatic rings. The highest BCUT2D eigenvalue weighted by Gasteiger charge is 2.30. The lowest BCUT2D eigenvalue weighted by Crippen LogP contribution is -2.39. The lowest BCUT2D eigenvalue weighted by atomic mass is 10.0. The van der Waals surface area contributed by atoms with E-state index >= 15 is 0 Å². The monoisotopic (exact) mass is 355 g/mol. The van der Waals surface area contributed by atoms with E-state index in [1.165, 1.54) is 12.1 Å². The highest BCUT2D eigenvalue weighted by Crippen LogP contribution is 2.31. The maximum absolute atomic E-state index is 13.4. The molecule has 0 aliphatic carbocycles. The average molecular weight is 355 g/mol. The standard InChI is InChI=1S/C19H22FN5O/c1-24-14(9-10-21-24)6-8-18(26)25-11-3-2-4-17(25)19-22-15-7-5-13(20)12-16(15)23-19/h5,7,9-10,12,17H,2-4,6,8,11H2,1H3,(H,22,23). The fraction of sp³-hybridized carbons (Fsp3) is 0.421. The molecule has 1 aliphatic heterocycles. The summed E-state index contributed by atoms with van der Waals surface area (Å²) in [6.07, 6.45) is 5.80. The number of amides is 1. The fourth-order valence-corrected chi connectivity index (χ4v) is 3.70. The molecular formula is C19H22FN5O. The third-order valence-corrected chi connectivity index (χ3v) is 5.12. The fourth-order valence-electron chi connectivity index (χ4n) is 3.70. The second-order valence-corrected chi connectivity index (χ2v) is 6.83. The van der Waals surface area contributed by atoms with Crippen molar-refractivity contribution in [2.45, 2.75) is 38.1 Å². The molecule has 1 aliphatic rings. The van der Waals surface area contributed by atoms with Crippen LogP contribution in [0.15, 0.2) is 30.5 Å². The zero-order chi connectivity index (χ0) is 18.1. The molecule has 1 aromatic carbocycles. The van der Waals surface area contributed by atoms with Gasteiger partial charge in [0, 0.05) is 31.9 Å². The Balaban J connectivity index is 1.53. The highest BCUT2D eigenvalue weighted by atomic mass is 19.1. The molecule has 0 saturated carbocycles. The largest absolute Gasteiger partial charge is 0.340 e. The third-order valence-electron chi connectivity index (χ3n) is 5.12. The van der Waals surface area contributed by atoms with Crippen molar-refractivity contribution in [1.29, 1.82) is 0 Å². The van der Waals surface area contributed by atoms with Gasteiger partial charge in [0.15, 0.2) is 0 Å². The van der Waals surface area contributed by atoms with Crippen LogP contribution in [0.1, 0.15) is 43.2 Å². The van der Waals surface area contributed by atoms with Gasteiger partial charge in [-0.1, -0.05) is 0 Å². The van der Waals surface area contributed by atoms with Gasteiger partial charge in [0.25, 0.3) is 0 Å². The number of H-pyrrole nitrogens is 1. The molecule has 26 heavy (non-hydrogen) atoms. The molecule has 2 aromatic heterocycles. The van der Waals surface area contributed by atoms with Crippen LogP contribution in [0.2, 0.25) is 0 Å². The van der Waals surface area contributed by atoms with Gasteiger partial charge >= 0.3 is 0 Å². The number of hydrogen-bond acceptors (Lipinski definition) is 3. The van der Waals surface area contributed by atoms with Crippen molar-refractivity contribution in [3.63, 3.8) is 0 Å². The Morgan fingerprint density at radius 1 is 1.35 bits per heavy atom. The van der Waals surface area contributed by atoms with Gasteiger partial charge in [0.2, 0.25) is 5.91 Å². The number of imidazole rings is 1. The third kappa shape index (κ3) is 3.21. The van der Waals surface area contributed by atoms with Gasteiger partial charge in [-0.05, 0) is 49.9 Å². The van der Waals surface area contributed by atoms with Crippen molar-refractivity contribution in [2.24, 2.45) is 7.05 Å². The number of aryl methyl sites for hydroxylation is 2. The maximum Gasteiger partial charge on any atom is 0.223 e. The minimum Gasteiger partial charge on any atom is -0.340 e. The predicted octanol–water partition coefficient (Wildman–Crippen LogP) is 3.12. The quantitative estimate of drug-likeness (QED) is 0.782. The van der Waals surface area contributed by atoms with Crippen molar-refractivity contribution in [3.8, 4) is 0 Å². The first-order valence-electron chi connectivity index (χ1n) is 9.03. The number of aromatic nitrogens is 4. The number of rotatable bonds is 4. The Morgan fingerprint density at radius 3 is 3.04 bits per heavy atom. The molecule has 1 fully saturated rings. The number of aromatic amines is 1. The van der Waals surface area contributed by atoms with Crippen molar-refractivity contribution < 1.29 is 9.18 Å². The molecule has 7 heteroatoms. The first-order chi connectivity index (χ1) is 12.6. The van der Waals surface area contributed by atoms with Crippen LogP contribution in [-0.2, 0) is 18.3 Å². The average Bonchev–Trinajstić information content (AvgIpc) is 3.25. The van der Waals surface area contributed by atoms with Crippen molar-refractivity contribution in [2.75, 3.05) is 6.54 Å².